The number of hydrogen-bond donors (Lipinski definition) is 0. The minimum atomic E-state index is 0.171. The monoisotopic (exact) mass is 177 g/mol. The molecule has 0 amide bonds. The van der Waals surface area contributed by atoms with Crippen molar-refractivity contribution in [3.63, 3.8) is 0 Å². The van der Waals surface area contributed by atoms with Crippen LogP contribution >= 0.6 is 0 Å². The third-order valence-corrected chi connectivity index (χ3v) is 1.51. The van der Waals surface area contributed by atoms with E-state index in [-0.39, 0.29) is 6.04 Å². The molecule has 1 atom stereocenters. The summed E-state index contributed by atoms with van der Waals surface area (Å²) in [5, 5.41) is 0. The normalized spacial score (nSPS) is 14.2. The van der Waals surface area contributed by atoms with Gasteiger partial charge in [-0.25, -0.2) is 0 Å². The van der Waals surface area contributed by atoms with E-state index in [1.165, 1.54) is 0 Å². The highest BCUT2D eigenvalue weighted by atomic mass is 14.7. The smallest absolute Gasteiger partial charge is 0.0649 e. The van der Waals surface area contributed by atoms with E-state index in [0.717, 1.165) is 5.57 Å². The molecule has 0 fully saturated rings. The first-order valence-corrected chi connectivity index (χ1v) is 4.59. The predicted molar refractivity (Wildman–Crippen MR) is 61.3 cm³/mol. The Bertz CT molecular complexity index is 221. The molecule has 0 bridgehead atoms. The Hall–Kier alpha value is -1.11. The molecule has 0 aromatic rings. The van der Waals surface area contributed by atoms with Crippen molar-refractivity contribution in [1.29, 1.82) is 0 Å². The summed E-state index contributed by atoms with van der Waals surface area (Å²) in [6.45, 7) is 13.8. The number of hydrogen-bond acceptors (Lipinski definition) is 1. The molecule has 0 aromatic heterocycles. The van der Waals surface area contributed by atoms with Crippen LogP contribution in [-0.2, 0) is 0 Å². The van der Waals surface area contributed by atoms with Gasteiger partial charge in [0.1, 0.15) is 0 Å². The first kappa shape index (κ1) is 11.9. The highest BCUT2D eigenvalue weighted by Gasteiger charge is 1.88. The van der Waals surface area contributed by atoms with E-state index in [2.05, 4.69) is 38.1 Å². The molecule has 0 saturated heterocycles. The molecular formula is C12H19N. The van der Waals surface area contributed by atoms with Crippen LogP contribution < -0.4 is 0 Å². The van der Waals surface area contributed by atoms with Gasteiger partial charge >= 0.3 is 0 Å². The maximum atomic E-state index is 4.23. The first-order valence-electron chi connectivity index (χ1n) is 4.59. The van der Waals surface area contributed by atoms with Crippen LogP contribution in [0.1, 0.15) is 20.8 Å². The molecule has 0 rings (SSSR count). The van der Waals surface area contributed by atoms with Crippen molar-refractivity contribution in [3.05, 3.63) is 37.0 Å². The Morgan fingerprint density at radius 3 is 2.38 bits per heavy atom. The minimum absolute atomic E-state index is 0.171. The van der Waals surface area contributed by atoms with Crippen LogP contribution in [0.4, 0.5) is 0 Å². The summed E-state index contributed by atoms with van der Waals surface area (Å²) in [7, 11) is 0. The van der Waals surface area contributed by atoms with Crippen LogP contribution in [0.15, 0.2) is 42.0 Å². The largest absolute Gasteiger partial charge is 0.285 e. The first-order chi connectivity index (χ1) is 6.06. The van der Waals surface area contributed by atoms with Crippen molar-refractivity contribution in [2.45, 2.75) is 26.8 Å². The molecule has 0 saturated carbocycles. The second-order valence-electron chi connectivity index (χ2n) is 3.43. The van der Waals surface area contributed by atoms with E-state index in [0.29, 0.717) is 5.92 Å². The van der Waals surface area contributed by atoms with Crippen molar-refractivity contribution in [2.24, 2.45) is 10.9 Å². The van der Waals surface area contributed by atoms with Crippen LogP contribution in [0.2, 0.25) is 0 Å². The Labute approximate surface area is 81.6 Å². The van der Waals surface area contributed by atoms with Gasteiger partial charge in [-0.3, -0.25) is 4.99 Å². The second-order valence-corrected chi connectivity index (χ2v) is 3.43. The molecule has 0 aliphatic heterocycles. The number of aliphatic imine (C=N–C) groups is 1. The van der Waals surface area contributed by atoms with Crippen molar-refractivity contribution >= 4 is 6.21 Å². The molecule has 13 heavy (non-hydrogen) atoms. The van der Waals surface area contributed by atoms with Gasteiger partial charge in [0.2, 0.25) is 0 Å². The molecule has 0 aromatic carbocycles. The molecular weight excluding hydrogens is 158 g/mol. The van der Waals surface area contributed by atoms with E-state index in [1.54, 1.807) is 12.3 Å². The Kier molecular flexibility index (Phi) is 5.86. The Morgan fingerprint density at radius 2 is 1.92 bits per heavy atom. The molecule has 1 heteroatoms. The lowest BCUT2D eigenvalue weighted by atomic mass is 10.2. The minimum Gasteiger partial charge on any atom is -0.285 e. The van der Waals surface area contributed by atoms with Crippen molar-refractivity contribution in [3.8, 4) is 0 Å². The molecule has 1 nitrogen and oxygen atoms in total. The molecule has 0 spiro atoms. The zero-order valence-electron chi connectivity index (χ0n) is 8.83. The highest BCUT2D eigenvalue weighted by molar-refractivity contribution is 5.81. The van der Waals surface area contributed by atoms with E-state index in [1.807, 2.05) is 13.0 Å². The van der Waals surface area contributed by atoms with Gasteiger partial charge in [0.25, 0.3) is 0 Å². The average Bonchev–Trinajstić information content (AvgIpc) is 2.10. The van der Waals surface area contributed by atoms with E-state index < -0.39 is 0 Å². The fourth-order valence-corrected chi connectivity index (χ4v) is 0.633. The summed E-state index contributed by atoms with van der Waals surface area (Å²) in [5.74, 6) is 0.557. The van der Waals surface area contributed by atoms with Gasteiger partial charge in [-0.15, -0.1) is 6.58 Å². The average molecular weight is 177 g/mol. The Morgan fingerprint density at radius 1 is 1.31 bits per heavy atom. The van der Waals surface area contributed by atoms with Gasteiger partial charge in [-0.2, -0.15) is 0 Å². The quantitative estimate of drug-likeness (QED) is 0.347. The molecule has 0 aliphatic rings. The summed E-state index contributed by atoms with van der Waals surface area (Å²) in [5.41, 5.74) is 0.933. The molecule has 0 heterocycles. The standard InChI is InChI=1S/C12H19N/c1-6-12(5)13-9-11(4)8-7-10(2)3/h6-10,12H,1,4H2,2-3,5H3/b8-7+,13-9+. The van der Waals surface area contributed by atoms with Gasteiger partial charge in [0, 0.05) is 6.21 Å². The number of allylic oxidation sites excluding steroid dienone is 3. The van der Waals surface area contributed by atoms with E-state index >= 15 is 0 Å². The number of rotatable bonds is 5. The molecule has 0 aliphatic carbocycles. The zero-order chi connectivity index (χ0) is 10.3. The summed E-state index contributed by atoms with van der Waals surface area (Å²) < 4.78 is 0. The summed E-state index contributed by atoms with van der Waals surface area (Å²) in [6.07, 6.45) is 7.68. The predicted octanol–water partition coefficient (Wildman–Crippen LogP) is 3.40. The van der Waals surface area contributed by atoms with Crippen LogP contribution in [-0.4, -0.2) is 12.3 Å². The van der Waals surface area contributed by atoms with Crippen LogP contribution in [0, 0.1) is 5.92 Å². The van der Waals surface area contributed by atoms with Crippen molar-refractivity contribution in [1.82, 2.24) is 0 Å². The lowest BCUT2D eigenvalue weighted by Crippen LogP contribution is -1.91. The zero-order valence-corrected chi connectivity index (χ0v) is 8.83. The summed E-state index contributed by atoms with van der Waals surface area (Å²) in [4.78, 5) is 4.23. The Balaban J connectivity index is 4.01. The van der Waals surface area contributed by atoms with Crippen molar-refractivity contribution in [2.75, 3.05) is 0 Å². The number of nitrogens with zero attached hydrogens (tertiary/aromatic N) is 1. The summed E-state index contributed by atoms with van der Waals surface area (Å²) >= 11 is 0. The van der Waals surface area contributed by atoms with Gasteiger partial charge < -0.3 is 0 Å². The van der Waals surface area contributed by atoms with Crippen LogP contribution in [0.5, 0.6) is 0 Å². The third-order valence-electron chi connectivity index (χ3n) is 1.51. The maximum Gasteiger partial charge on any atom is 0.0649 e. The van der Waals surface area contributed by atoms with E-state index in [9.17, 15) is 0 Å². The van der Waals surface area contributed by atoms with Crippen LogP contribution in [0.25, 0.3) is 0 Å². The molecule has 0 radical (unpaired) electrons. The highest BCUT2D eigenvalue weighted by Crippen LogP contribution is 1.98. The van der Waals surface area contributed by atoms with Gasteiger partial charge in [0.05, 0.1) is 6.04 Å². The topological polar surface area (TPSA) is 12.4 Å². The molecule has 1 unspecified atom stereocenters. The fourth-order valence-electron chi connectivity index (χ4n) is 0.633. The fraction of sp³-hybridized carbons (Fsp3) is 0.417. The maximum absolute atomic E-state index is 4.23. The van der Waals surface area contributed by atoms with Gasteiger partial charge in [-0.1, -0.05) is 38.7 Å². The lowest BCUT2D eigenvalue weighted by Gasteiger charge is -1.97. The van der Waals surface area contributed by atoms with Gasteiger partial charge in [0.15, 0.2) is 0 Å². The van der Waals surface area contributed by atoms with Gasteiger partial charge in [-0.05, 0) is 18.4 Å². The van der Waals surface area contributed by atoms with Crippen LogP contribution in [0.3, 0.4) is 0 Å². The summed E-state index contributed by atoms with van der Waals surface area (Å²) in [6, 6.07) is 0.171. The lowest BCUT2D eigenvalue weighted by molar-refractivity contribution is 0.831. The van der Waals surface area contributed by atoms with Crippen molar-refractivity contribution < 1.29 is 0 Å². The molecule has 72 valence electrons. The molecule has 0 N–H and O–H groups in total. The second kappa shape index (κ2) is 6.41. The third kappa shape index (κ3) is 7.26. The van der Waals surface area contributed by atoms with E-state index in [4.69, 9.17) is 0 Å². The SMILES string of the molecule is C=CC(C)/N=C/C(=C)/C=C/C(C)C.